The van der Waals surface area contributed by atoms with Gasteiger partial charge in [-0.05, 0) is 24.6 Å². The highest BCUT2D eigenvalue weighted by Gasteiger charge is 2.09. The minimum atomic E-state index is 0.484. The van der Waals surface area contributed by atoms with E-state index in [1.807, 2.05) is 23.5 Å². The molecular formula is C15H17N3S. The number of hydrogen-bond donors (Lipinski definition) is 1. The molecule has 0 saturated carbocycles. The molecule has 19 heavy (non-hydrogen) atoms. The molecule has 2 heterocycles. The van der Waals surface area contributed by atoms with Gasteiger partial charge in [-0.2, -0.15) is 5.10 Å². The highest BCUT2D eigenvalue weighted by Crippen LogP contribution is 2.22. The second-order valence-electron chi connectivity index (χ2n) is 4.55. The average Bonchev–Trinajstić information content (AvgIpc) is 3.04. The molecule has 4 heteroatoms. The molecule has 0 unspecified atom stereocenters. The van der Waals surface area contributed by atoms with E-state index in [2.05, 4.69) is 41.0 Å². The number of benzene rings is 1. The molecule has 0 saturated heterocycles. The van der Waals surface area contributed by atoms with Crippen molar-refractivity contribution in [2.24, 2.45) is 5.73 Å². The third-order valence-corrected chi connectivity index (χ3v) is 4.51. The van der Waals surface area contributed by atoms with Crippen LogP contribution in [0.15, 0.2) is 36.4 Å². The van der Waals surface area contributed by atoms with Crippen LogP contribution in [-0.2, 0) is 19.5 Å². The van der Waals surface area contributed by atoms with E-state index in [-0.39, 0.29) is 0 Å². The van der Waals surface area contributed by atoms with Crippen molar-refractivity contribution < 1.29 is 0 Å². The number of fused-ring (bicyclic) bond motifs is 1. The summed E-state index contributed by atoms with van der Waals surface area (Å²) < 4.78 is 2.06. The zero-order chi connectivity index (χ0) is 13.2. The summed E-state index contributed by atoms with van der Waals surface area (Å²) in [5.41, 5.74) is 7.91. The van der Waals surface area contributed by atoms with Gasteiger partial charge in [-0.25, -0.2) is 0 Å². The van der Waals surface area contributed by atoms with E-state index in [0.29, 0.717) is 6.54 Å². The van der Waals surface area contributed by atoms with Gasteiger partial charge < -0.3 is 5.73 Å². The Morgan fingerprint density at radius 2 is 1.95 bits per heavy atom. The Labute approximate surface area is 116 Å². The molecule has 0 radical (unpaired) electrons. The van der Waals surface area contributed by atoms with Gasteiger partial charge in [0, 0.05) is 21.7 Å². The van der Waals surface area contributed by atoms with E-state index < -0.39 is 0 Å². The summed E-state index contributed by atoms with van der Waals surface area (Å²) in [5.74, 6) is 0. The predicted molar refractivity (Wildman–Crippen MR) is 80.4 cm³/mol. The fourth-order valence-electron chi connectivity index (χ4n) is 2.31. The zero-order valence-electron chi connectivity index (χ0n) is 11.0. The lowest BCUT2D eigenvalue weighted by molar-refractivity contribution is 0.701. The molecule has 0 amide bonds. The maximum atomic E-state index is 5.78. The van der Waals surface area contributed by atoms with Crippen molar-refractivity contribution in [1.29, 1.82) is 0 Å². The fourth-order valence-corrected chi connectivity index (χ4v) is 3.25. The molecule has 0 spiro atoms. The summed E-state index contributed by atoms with van der Waals surface area (Å²) in [6.07, 6.45) is 1.10. The zero-order valence-corrected chi connectivity index (χ0v) is 11.8. The molecule has 2 N–H and O–H groups in total. The number of aromatic nitrogens is 2. The molecule has 1 aromatic carbocycles. The molecule has 3 rings (SSSR count). The van der Waals surface area contributed by atoms with Crippen molar-refractivity contribution in [3.8, 4) is 0 Å². The van der Waals surface area contributed by atoms with E-state index in [1.165, 1.54) is 9.75 Å². The summed E-state index contributed by atoms with van der Waals surface area (Å²) in [7, 11) is 0. The van der Waals surface area contributed by atoms with Crippen molar-refractivity contribution in [2.45, 2.75) is 26.4 Å². The molecule has 0 aliphatic rings. The second-order valence-corrected chi connectivity index (χ2v) is 5.80. The molecule has 0 bridgehead atoms. The smallest absolute Gasteiger partial charge is 0.0839 e. The Morgan fingerprint density at radius 1 is 1.16 bits per heavy atom. The van der Waals surface area contributed by atoms with Gasteiger partial charge in [0.2, 0.25) is 0 Å². The number of thiophene rings is 1. The van der Waals surface area contributed by atoms with Crippen LogP contribution in [0.5, 0.6) is 0 Å². The number of rotatable bonds is 4. The van der Waals surface area contributed by atoms with Gasteiger partial charge in [-0.3, -0.25) is 4.68 Å². The van der Waals surface area contributed by atoms with Gasteiger partial charge in [0.1, 0.15) is 0 Å². The second kappa shape index (κ2) is 5.15. The third kappa shape index (κ3) is 2.29. The SMILES string of the molecule is CCc1ccc(Cn2nc(CN)c3ccccc32)s1. The molecule has 0 fully saturated rings. The van der Waals surface area contributed by atoms with Gasteiger partial charge in [0.15, 0.2) is 0 Å². The first kappa shape index (κ1) is 12.4. The van der Waals surface area contributed by atoms with Crippen molar-refractivity contribution in [3.63, 3.8) is 0 Å². The first-order valence-corrected chi connectivity index (χ1v) is 7.35. The van der Waals surface area contributed by atoms with Crippen LogP contribution in [0, 0.1) is 0 Å². The van der Waals surface area contributed by atoms with Crippen molar-refractivity contribution in [2.75, 3.05) is 0 Å². The lowest BCUT2D eigenvalue weighted by Crippen LogP contribution is -2.02. The number of nitrogens with zero attached hydrogens (tertiary/aromatic N) is 2. The molecule has 3 aromatic rings. The van der Waals surface area contributed by atoms with Crippen molar-refractivity contribution >= 4 is 22.2 Å². The van der Waals surface area contributed by atoms with Crippen LogP contribution in [0.1, 0.15) is 22.4 Å². The van der Waals surface area contributed by atoms with Gasteiger partial charge >= 0.3 is 0 Å². The minimum absolute atomic E-state index is 0.484. The molecular weight excluding hydrogens is 254 g/mol. The quantitative estimate of drug-likeness (QED) is 0.792. The molecule has 3 nitrogen and oxygen atoms in total. The van der Waals surface area contributed by atoms with E-state index in [9.17, 15) is 0 Å². The minimum Gasteiger partial charge on any atom is -0.325 e. The largest absolute Gasteiger partial charge is 0.325 e. The summed E-state index contributed by atoms with van der Waals surface area (Å²) in [6, 6.07) is 12.7. The first-order valence-electron chi connectivity index (χ1n) is 6.54. The fraction of sp³-hybridized carbons (Fsp3) is 0.267. The van der Waals surface area contributed by atoms with E-state index >= 15 is 0 Å². The van der Waals surface area contributed by atoms with Gasteiger partial charge in [-0.1, -0.05) is 25.1 Å². The van der Waals surface area contributed by atoms with Crippen LogP contribution in [0.25, 0.3) is 10.9 Å². The summed E-state index contributed by atoms with van der Waals surface area (Å²) >= 11 is 1.86. The number of hydrogen-bond acceptors (Lipinski definition) is 3. The molecule has 0 atom stereocenters. The highest BCUT2D eigenvalue weighted by molar-refractivity contribution is 7.11. The summed E-state index contributed by atoms with van der Waals surface area (Å²) in [4.78, 5) is 2.76. The maximum absolute atomic E-state index is 5.78. The Bertz CT molecular complexity index is 696. The van der Waals surface area contributed by atoms with Crippen LogP contribution in [0.2, 0.25) is 0 Å². The standard InChI is InChI=1S/C15H17N3S/c1-2-11-7-8-12(19-11)10-18-15-6-4-3-5-13(15)14(9-16)17-18/h3-8H,2,9-10,16H2,1H3. The van der Waals surface area contributed by atoms with Gasteiger partial charge in [-0.15, -0.1) is 11.3 Å². The van der Waals surface area contributed by atoms with Gasteiger partial charge in [0.25, 0.3) is 0 Å². The summed E-state index contributed by atoms with van der Waals surface area (Å²) in [6.45, 7) is 3.49. The van der Waals surface area contributed by atoms with E-state index in [1.54, 1.807) is 0 Å². The normalized spacial score (nSPS) is 11.3. The first-order chi connectivity index (χ1) is 9.31. The Hall–Kier alpha value is -1.65. The van der Waals surface area contributed by atoms with Crippen LogP contribution < -0.4 is 5.73 Å². The predicted octanol–water partition coefficient (Wildman–Crippen LogP) is 3.17. The van der Waals surface area contributed by atoms with E-state index in [4.69, 9.17) is 5.73 Å². The monoisotopic (exact) mass is 271 g/mol. The van der Waals surface area contributed by atoms with Crippen molar-refractivity contribution in [3.05, 3.63) is 51.8 Å². The Morgan fingerprint density at radius 3 is 2.68 bits per heavy atom. The van der Waals surface area contributed by atoms with Crippen LogP contribution in [-0.4, -0.2) is 9.78 Å². The summed E-state index contributed by atoms with van der Waals surface area (Å²) in [5, 5.41) is 5.80. The molecule has 0 aliphatic heterocycles. The lowest BCUT2D eigenvalue weighted by Gasteiger charge is -2.00. The number of nitrogens with two attached hydrogens (primary N) is 1. The lowest BCUT2D eigenvalue weighted by atomic mass is 10.2. The highest BCUT2D eigenvalue weighted by atomic mass is 32.1. The number of para-hydroxylation sites is 1. The Balaban J connectivity index is 2.00. The molecule has 98 valence electrons. The number of aryl methyl sites for hydroxylation is 1. The maximum Gasteiger partial charge on any atom is 0.0839 e. The topological polar surface area (TPSA) is 43.8 Å². The van der Waals surface area contributed by atoms with Crippen molar-refractivity contribution in [1.82, 2.24) is 9.78 Å². The average molecular weight is 271 g/mol. The van der Waals surface area contributed by atoms with E-state index in [0.717, 1.165) is 29.6 Å². The third-order valence-electron chi connectivity index (χ3n) is 3.30. The molecule has 2 aromatic heterocycles. The molecule has 0 aliphatic carbocycles. The van der Waals surface area contributed by atoms with Gasteiger partial charge in [0.05, 0.1) is 17.8 Å². The Kier molecular flexibility index (Phi) is 3.36. The van der Waals surface area contributed by atoms with Crippen LogP contribution in [0.3, 0.4) is 0 Å². The van der Waals surface area contributed by atoms with Crippen LogP contribution >= 0.6 is 11.3 Å². The van der Waals surface area contributed by atoms with Crippen LogP contribution in [0.4, 0.5) is 0 Å².